The molecule has 0 aliphatic carbocycles. The molecule has 0 unspecified atom stereocenters. The maximum absolute atomic E-state index is 11.5. The monoisotopic (exact) mass is 215 g/mol. The summed E-state index contributed by atoms with van der Waals surface area (Å²) in [5.74, 6) is 0. The Morgan fingerprint density at radius 1 is 1.40 bits per heavy atom. The zero-order chi connectivity index (χ0) is 12.0. The average Bonchev–Trinajstić information content (AvgIpc) is 2.46. The Bertz CT molecular complexity index is 339. The molecule has 0 atom stereocenters. The number of aromatic nitrogens is 3. The topological polar surface area (TPSA) is 49.1 Å². The van der Waals surface area contributed by atoms with Crippen molar-refractivity contribution < 1.29 is 4.74 Å². The molecule has 0 fully saturated rings. The van der Waals surface area contributed by atoms with E-state index in [0.717, 1.165) is 0 Å². The third-order valence-corrected chi connectivity index (χ3v) is 1.71. The van der Waals surface area contributed by atoms with Gasteiger partial charge in [-0.1, -0.05) is 13.8 Å². The van der Waals surface area contributed by atoms with Crippen molar-refractivity contribution in [3.8, 4) is 6.01 Å². The fourth-order valence-corrected chi connectivity index (χ4v) is 1.13. The van der Waals surface area contributed by atoms with Crippen LogP contribution in [-0.2, 0) is 7.05 Å². The standard InChI is InChI=1S/C8H15N3O2.C2H6/c1-5-13-7-9-10(4)8(12)11(7)6(2)3;1-2/h6H,5H2,1-4H3;1-2H3. The molecule has 88 valence electrons. The van der Waals surface area contributed by atoms with E-state index in [1.807, 2.05) is 34.6 Å². The molecule has 0 aliphatic rings. The number of nitrogens with zero attached hydrogens (tertiary/aromatic N) is 3. The largest absolute Gasteiger partial charge is 0.464 e. The van der Waals surface area contributed by atoms with Crippen molar-refractivity contribution in [2.24, 2.45) is 7.05 Å². The van der Waals surface area contributed by atoms with Crippen LogP contribution in [0.5, 0.6) is 6.01 Å². The highest BCUT2D eigenvalue weighted by molar-refractivity contribution is 4.95. The van der Waals surface area contributed by atoms with Crippen molar-refractivity contribution in [1.82, 2.24) is 14.3 Å². The van der Waals surface area contributed by atoms with Crippen molar-refractivity contribution in [2.75, 3.05) is 6.61 Å². The normalized spacial score (nSPS) is 9.80. The minimum Gasteiger partial charge on any atom is -0.464 e. The van der Waals surface area contributed by atoms with Crippen molar-refractivity contribution in [1.29, 1.82) is 0 Å². The molecule has 5 heteroatoms. The van der Waals surface area contributed by atoms with Gasteiger partial charge >= 0.3 is 11.7 Å². The summed E-state index contributed by atoms with van der Waals surface area (Å²) in [7, 11) is 1.61. The van der Waals surface area contributed by atoms with E-state index in [1.54, 1.807) is 7.05 Å². The maximum Gasteiger partial charge on any atom is 0.348 e. The highest BCUT2D eigenvalue weighted by atomic mass is 16.5. The lowest BCUT2D eigenvalue weighted by molar-refractivity contribution is 0.286. The molecule has 0 saturated heterocycles. The van der Waals surface area contributed by atoms with E-state index >= 15 is 0 Å². The fraction of sp³-hybridized carbons (Fsp3) is 0.800. The first kappa shape index (κ1) is 13.7. The van der Waals surface area contributed by atoms with E-state index in [0.29, 0.717) is 12.6 Å². The van der Waals surface area contributed by atoms with Crippen molar-refractivity contribution in [2.45, 2.75) is 40.7 Å². The molecular weight excluding hydrogens is 194 g/mol. The number of rotatable bonds is 3. The molecule has 0 spiro atoms. The molecule has 0 radical (unpaired) electrons. The van der Waals surface area contributed by atoms with Gasteiger partial charge in [0.05, 0.1) is 6.61 Å². The van der Waals surface area contributed by atoms with Gasteiger partial charge < -0.3 is 4.74 Å². The lowest BCUT2D eigenvalue weighted by Gasteiger charge is -2.07. The van der Waals surface area contributed by atoms with Gasteiger partial charge in [-0.2, -0.15) is 0 Å². The van der Waals surface area contributed by atoms with Crippen molar-refractivity contribution in [3.63, 3.8) is 0 Å². The summed E-state index contributed by atoms with van der Waals surface area (Å²) in [5.41, 5.74) is -0.140. The van der Waals surface area contributed by atoms with E-state index < -0.39 is 0 Å². The Morgan fingerprint density at radius 3 is 2.33 bits per heavy atom. The first-order valence-corrected chi connectivity index (χ1v) is 5.36. The molecule has 1 aromatic heterocycles. The van der Waals surface area contributed by atoms with Gasteiger partial charge in [0.1, 0.15) is 0 Å². The molecule has 1 heterocycles. The van der Waals surface area contributed by atoms with Gasteiger partial charge in [-0.3, -0.25) is 0 Å². The molecule has 1 aromatic rings. The first-order chi connectivity index (χ1) is 7.07. The lowest BCUT2D eigenvalue weighted by Crippen LogP contribution is -2.24. The molecule has 1 rings (SSSR count). The fourth-order valence-electron chi connectivity index (χ4n) is 1.13. The van der Waals surface area contributed by atoms with E-state index in [2.05, 4.69) is 5.10 Å². The van der Waals surface area contributed by atoms with Crippen molar-refractivity contribution in [3.05, 3.63) is 10.5 Å². The Balaban J connectivity index is 0.000000921. The van der Waals surface area contributed by atoms with Crippen LogP contribution in [-0.4, -0.2) is 21.0 Å². The third kappa shape index (κ3) is 3.11. The molecule has 0 saturated carbocycles. The Hall–Kier alpha value is -1.26. The number of hydrogen-bond donors (Lipinski definition) is 0. The Labute approximate surface area is 90.7 Å². The van der Waals surface area contributed by atoms with Gasteiger partial charge in [-0.05, 0) is 20.8 Å². The molecule has 0 aliphatic heterocycles. The maximum atomic E-state index is 11.5. The summed E-state index contributed by atoms with van der Waals surface area (Å²) in [4.78, 5) is 11.5. The van der Waals surface area contributed by atoms with Gasteiger partial charge in [-0.25, -0.2) is 14.0 Å². The third-order valence-electron chi connectivity index (χ3n) is 1.71. The molecule has 0 aromatic carbocycles. The summed E-state index contributed by atoms with van der Waals surface area (Å²) in [5, 5.41) is 3.97. The molecule has 15 heavy (non-hydrogen) atoms. The first-order valence-electron chi connectivity index (χ1n) is 5.36. The second-order valence-electron chi connectivity index (χ2n) is 3.09. The van der Waals surface area contributed by atoms with E-state index in [-0.39, 0.29) is 11.7 Å². The Kier molecular flexibility index (Phi) is 5.74. The van der Waals surface area contributed by atoms with Gasteiger partial charge in [0.25, 0.3) is 0 Å². The molecule has 0 bridgehead atoms. The highest BCUT2D eigenvalue weighted by Gasteiger charge is 2.13. The summed E-state index contributed by atoms with van der Waals surface area (Å²) < 4.78 is 8.04. The summed E-state index contributed by atoms with van der Waals surface area (Å²) in [6.45, 7) is 10.2. The molecule has 0 amide bonds. The zero-order valence-corrected chi connectivity index (χ0v) is 10.4. The van der Waals surface area contributed by atoms with Gasteiger partial charge in [0.15, 0.2) is 0 Å². The lowest BCUT2D eigenvalue weighted by atomic mass is 10.4. The minimum absolute atomic E-state index is 0.0720. The summed E-state index contributed by atoms with van der Waals surface area (Å²) in [6.07, 6.45) is 0. The zero-order valence-electron chi connectivity index (χ0n) is 10.4. The molecule has 5 nitrogen and oxygen atoms in total. The predicted octanol–water partition coefficient (Wildman–Crippen LogP) is 1.59. The second-order valence-corrected chi connectivity index (χ2v) is 3.09. The quantitative estimate of drug-likeness (QED) is 0.769. The Morgan fingerprint density at radius 2 is 1.93 bits per heavy atom. The van der Waals surface area contributed by atoms with Crippen LogP contribution in [0.4, 0.5) is 0 Å². The predicted molar refractivity (Wildman–Crippen MR) is 60.4 cm³/mol. The van der Waals surface area contributed by atoms with Crippen LogP contribution in [0.25, 0.3) is 0 Å². The van der Waals surface area contributed by atoms with Crippen LogP contribution in [0.3, 0.4) is 0 Å². The van der Waals surface area contributed by atoms with E-state index in [1.165, 1.54) is 9.25 Å². The number of hydrogen-bond acceptors (Lipinski definition) is 3. The SMILES string of the molecule is CC.CCOc1nn(C)c(=O)n1C(C)C. The molecule has 0 N–H and O–H groups in total. The highest BCUT2D eigenvalue weighted by Crippen LogP contribution is 2.10. The summed E-state index contributed by atoms with van der Waals surface area (Å²) in [6, 6.07) is 0.466. The van der Waals surface area contributed by atoms with Crippen LogP contribution in [0.1, 0.15) is 40.7 Å². The van der Waals surface area contributed by atoms with Crippen LogP contribution < -0.4 is 10.4 Å². The van der Waals surface area contributed by atoms with Gasteiger partial charge in [0.2, 0.25) is 0 Å². The van der Waals surface area contributed by atoms with Gasteiger partial charge in [-0.15, -0.1) is 5.10 Å². The van der Waals surface area contributed by atoms with Crippen LogP contribution in [0.15, 0.2) is 4.79 Å². The van der Waals surface area contributed by atoms with E-state index in [4.69, 9.17) is 4.74 Å². The van der Waals surface area contributed by atoms with Crippen LogP contribution in [0, 0.1) is 0 Å². The minimum atomic E-state index is -0.140. The number of ether oxygens (including phenoxy) is 1. The van der Waals surface area contributed by atoms with E-state index in [9.17, 15) is 4.79 Å². The summed E-state index contributed by atoms with van der Waals surface area (Å²) >= 11 is 0. The smallest absolute Gasteiger partial charge is 0.348 e. The average molecular weight is 215 g/mol. The van der Waals surface area contributed by atoms with Gasteiger partial charge in [0, 0.05) is 13.1 Å². The van der Waals surface area contributed by atoms with Crippen molar-refractivity contribution >= 4 is 0 Å². The number of aryl methyl sites for hydroxylation is 1. The van der Waals surface area contributed by atoms with Crippen LogP contribution >= 0.6 is 0 Å². The van der Waals surface area contributed by atoms with Crippen LogP contribution in [0.2, 0.25) is 0 Å². The second kappa shape index (κ2) is 6.27. The molecular formula is C10H21N3O2.